The van der Waals surface area contributed by atoms with Crippen molar-refractivity contribution in [2.24, 2.45) is 5.73 Å². The van der Waals surface area contributed by atoms with Gasteiger partial charge >= 0.3 is 0 Å². The molecule has 1 aliphatic carbocycles. The Morgan fingerprint density at radius 1 is 1.35 bits per heavy atom. The van der Waals surface area contributed by atoms with Crippen molar-refractivity contribution in [1.82, 2.24) is 4.31 Å². The molecule has 3 N–H and O–H groups in total. The van der Waals surface area contributed by atoms with E-state index in [1.54, 1.807) is 26.0 Å². The third-order valence-electron chi connectivity index (χ3n) is 3.58. The highest BCUT2D eigenvalue weighted by molar-refractivity contribution is 7.89. The van der Waals surface area contributed by atoms with E-state index in [1.807, 2.05) is 6.07 Å². The Morgan fingerprint density at radius 3 is 2.60 bits per heavy atom. The minimum absolute atomic E-state index is 0.0723. The second-order valence-electron chi connectivity index (χ2n) is 5.45. The zero-order chi connectivity index (χ0) is 14.9. The van der Waals surface area contributed by atoms with E-state index in [-0.39, 0.29) is 18.4 Å². The number of nitrogens with one attached hydrogen (secondary N) is 1. The summed E-state index contributed by atoms with van der Waals surface area (Å²) in [6.45, 7) is 3.50. The van der Waals surface area contributed by atoms with Crippen LogP contribution in [0.4, 0.5) is 0 Å². The molecule has 0 aliphatic heterocycles. The summed E-state index contributed by atoms with van der Waals surface area (Å²) >= 11 is 0. The minimum atomic E-state index is -3.60. The van der Waals surface area contributed by atoms with Crippen LogP contribution >= 0.6 is 0 Å². The fourth-order valence-corrected chi connectivity index (χ4v) is 4.22. The molecule has 0 fully saturated rings. The number of fused-ring (bicyclic) bond motifs is 1. The fraction of sp³-hybridized carbons (Fsp3) is 0.500. The molecular weight excluding hydrogens is 274 g/mol. The molecule has 6 heteroatoms. The largest absolute Gasteiger partial charge is 0.387 e. The van der Waals surface area contributed by atoms with E-state index in [1.165, 1.54) is 9.87 Å². The molecule has 0 bridgehead atoms. The molecule has 0 atom stereocenters. The Kier molecular flexibility index (Phi) is 4.15. The standard InChI is InChI=1S/C14H21N3O2S/c1-10(2)17(9-14(15)16)20(18,19)13-7-6-11-4-3-5-12(11)8-13/h6-8,10H,3-5,9H2,1-2H3,(H3,15,16). The zero-order valence-corrected chi connectivity index (χ0v) is 12.7. The molecule has 0 aromatic heterocycles. The van der Waals surface area contributed by atoms with Gasteiger partial charge in [-0.1, -0.05) is 6.07 Å². The minimum Gasteiger partial charge on any atom is -0.387 e. The van der Waals surface area contributed by atoms with Crippen molar-refractivity contribution >= 4 is 15.9 Å². The number of hydrogen-bond acceptors (Lipinski definition) is 3. The predicted octanol–water partition coefficient (Wildman–Crippen LogP) is 1.51. The van der Waals surface area contributed by atoms with Gasteiger partial charge in [0.25, 0.3) is 0 Å². The van der Waals surface area contributed by atoms with Crippen LogP contribution in [-0.2, 0) is 22.9 Å². The number of aryl methyl sites for hydroxylation is 2. The first-order chi connectivity index (χ1) is 9.32. The summed E-state index contributed by atoms with van der Waals surface area (Å²) in [5.74, 6) is -0.150. The van der Waals surface area contributed by atoms with Crippen LogP contribution in [0.3, 0.4) is 0 Å². The lowest BCUT2D eigenvalue weighted by Gasteiger charge is -2.25. The molecule has 2 rings (SSSR count). The lowest BCUT2D eigenvalue weighted by Crippen LogP contribution is -2.42. The van der Waals surface area contributed by atoms with E-state index < -0.39 is 10.0 Å². The highest BCUT2D eigenvalue weighted by atomic mass is 32.2. The van der Waals surface area contributed by atoms with Crippen molar-refractivity contribution in [2.75, 3.05) is 6.54 Å². The maximum atomic E-state index is 12.7. The van der Waals surface area contributed by atoms with Crippen molar-refractivity contribution in [3.8, 4) is 0 Å². The summed E-state index contributed by atoms with van der Waals surface area (Å²) in [5.41, 5.74) is 7.74. The number of sulfonamides is 1. The average molecular weight is 295 g/mol. The summed E-state index contributed by atoms with van der Waals surface area (Å²) in [6, 6.07) is 5.10. The SMILES string of the molecule is CC(C)N(CC(=N)N)S(=O)(=O)c1ccc2c(c1)CCC2. The predicted molar refractivity (Wildman–Crippen MR) is 79.4 cm³/mol. The Labute approximate surface area is 120 Å². The molecule has 0 spiro atoms. The zero-order valence-electron chi connectivity index (χ0n) is 11.9. The monoisotopic (exact) mass is 295 g/mol. The third-order valence-corrected chi connectivity index (χ3v) is 5.60. The summed E-state index contributed by atoms with van der Waals surface area (Å²) in [7, 11) is -3.60. The van der Waals surface area contributed by atoms with Gasteiger partial charge in [-0.15, -0.1) is 0 Å². The lowest BCUT2D eigenvalue weighted by molar-refractivity contribution is 0.389. The molecule has 20 heavy (non-hydrogen) atoms. The van der Waals surface area contributed by atoms with E-state index in [9.17, 15) is 8.42 Å². The summed E-state index contributed by atoms with van der Waals surface area (Å²) in [5, 5.41) is 7.35. The van der Waals surface area contributed by atoms with Gasteiger partial charge in [0, 0.05) is 6.04 Å². The Hall–Kier alpha value is -1.40. The van der Waals surface area contributed by atoms with Gasteiger partial charge in [-0.2, -0.15) is 4.31 Å². The first kappa shape index (κ1) is 15.0. The maximum Gasteiger partial charge on any atom is 0.243 e. The second kappa shape index (κ2) is 5.54. The van der Waals surface area contributed by atoms with Crippen molar-refractivity contribution in [3.63, 3.8) is 0 Å². The smallest absolute Gasteiger partial charge is 0.243 e. The summed E-state index contributed by atoms with van der Waals surface area (Å²) in [4.78, 5) is 0.299. The van der Waals surface area contributed by atoms with E-state index in [0.29, 0.717) is 4.90 Å². The van der Waals surface area contributed by atoms with Crippen LogP contribution in [0, 0.1) is 5.41 Å². The first-order valence-corrected chi connectivity index (χ1v) is 8.23. The van der Waals surface area contributed by atoms with E-state index in [4.69, 9.17) is 11.1 Å². The molecule has 0 saturated carbocycles. The van der Waals surface area contributed by atoms with Gasteiger partial charge in [-0.05, 0) is 56.4 Å². The molecule has 5 nitrogen and oxygen atoms in total. The van der Waals surface area contributed by atoms with Gasteiger partial charge in [-0.25, -0.2) is 8.42 Å². The highest BCUT2D eigenvalue weighted by Gasteiger charge is 2.28. The Balaban J connectivity index is 2.40. The van der Waals surface area contributed by atoms with E-state index in [0.717, 1.165) is 24.8 Å². The molecule has 110 valence electrons. The summed E-state index contributed by atoms with van der Waals surface area (Å²) < 4.78 is 26.6. The second-order valence-corrected chi connectivity index (χ2v) is 7.34. The number of nitrogens with zero attached hydrogens (tertiary/aromatic N) is 1. The Bertz CT molecular complexity index is 623. The number of nitrogens with two attached hydrogens (primary N) is 1. The normalized spacial score (nSPS) is 14.8. The molecular formula is C14H21N3O2S. The lowest BCUT2D eigenvalue weighted by atomic mass is 10.1. The van der Waals surface area contributed by atoms with Crippen molar-refractivity contribution in [3.05, 3.63) is 29.3 Å². The third kappa shape index (κ3) is 2.86. The molecule has 1 aliphatic rings. The number of hydrogen-bond donors (Lipinski definition) is 2. The number of rotatable bonds is 5. The first-order valence-electron chi connectivity index (χ1n) is 6.79. The summed E-state index contributed by atoms with van der Waals surface area (Å²) in [6.07, 6.45) is 3.05. The van der Waals surface area contributed by atoms with Crippen LogP contribution in [0.1, 0.15) is 31.4 Å². The van der Waals surface area contributed by atoms with Crippen LogP contribution in [0.2, 0.25) is 0 Å². The fourth-order valence-electron chi connectivity index (χ4n) is 2.56. The van der Waals surface area contributed by atoms with Crippen LogP contribution in [0.25, 0.3) is 0 Å². The van der Waals surface area contributed by atoms with Crippen LogP contribution in [0.15, 0.2) is 23.1 Å². The van der Waals surface area contributed by atoms with Crippen LogP contribution < -0.4 is 5.73 Å². The van der Waals surface area contributed by atoms with Gasteiger partial charge in [0.2, 0.25) is 10.0 Å². The van der Waals surface area contributed by atoms with Gasteiger partial charge < -0.3 is 5.73 Å². The molecule has 0 saturated heterocycles. The Morgan fingerprint density at radius 2 is 2.00 bits per heavy atom. The average Bonchev–Trinajstić information content (AvgIpc) is 2.82. The van der Waals surface area contributed by atoms with Crippen LogP contribution in [0.5, 0.6) is 0 Å². The molecule has 1 aromatic carbocycles. The van der Waals surface area contributed by atoms with Gasteiger partial charge in [-0.3, -0.25) is 5.41 Å². The van der Waals surface area contributed by atoms with E-state index >= 15 is 0 Å². The van der Waals surface area contributed by atoms with Crippen molar-refractivity contribution in [2.45, 2.75) is 44.0 Å². The molecule has 0 heterocycles. The molecule has 1 aromatic rings. The number of amidine groups is 1. The van der Waals surface area contributed by atoms with Crippen LogP contribution in [-0.4, -0.2) is 31.1 Å². The van der Waals surface area contributed by atoms with Gasteiger partial charge in [0.05, 0.1) is 11.4 Å². The molecule has 0 unspecified atom stereocenters. The van der Waals surface area contributed by atoms with Crippen molar-refractivity contribution < 1.29 is 8.42 Å². The van der Waals surface area contributed by atoms with Crippen molar-refractivity contribution in [1.29, 1.82) is 5.41 Å². The van der Waals surface area contributed by atoms with E-state index in [2.05, 4.69) is 0 Å². The molecule has 0 amide bonds. The quantitative estimate of drug-likeness (QED) is 0.637. The van der Waals surface area contributed by atoms with Gasteiger partial charge in [0.15, 0.2) is 0 Å². The highest BCUT2D eigenvalue weighted by Crippen LogP contribution is 2.26. The van der Waals surface area contributed by atoms with Gasteiger partial charge in [0.1, 0.15) is 5.84 Å². The molecule has 0 radical (unpaired) electrons. The number of benzene rings is 1. The topological polar surface area (TPSA) is 87.2 Å². The maximum absolute atomic E-state index is 12.7.